The molecule has 6 rings (SSSR count). The van der Waals surface area contributed by atoms with Crippen molar-refractivity contribution in [3.05, 3.63) is 40.9 Å². The maximum atomic E-state index is 5.74. The van der Waals surface area contributed by atoms with Crippen molar-refractivity contribution in [3.63, 3.8) is 0 Å². The maximum Gasteiger partial charge on any atom is 0.163 e. The minimum atomic E-state index is 0.289. The van der Waals surface area contributed by atoms with Crippen molar-refractivity contribution in [2.75, 3.05) is 37.7 Å². The van der Waals surface area contributed by atoms with Crippen LogP contribution in [0.4, 0.5) is 5.82 Å². The monoisotopic (exact) mass is 447 g/mol. The van der Waals surface area contributed by atoms with Crippen LogP contribution in [0.15, 0.2) is 30.5 Å². The molecule has 2 aliphatic heterocycles. The number of H-pyrrole nitrogens is 1. The molecular formula is C25H29N5OS. The van der Waals surface area contributed by atoms with E-state index in [9.17, 15) is 0 Å². The van der Waals surface area contributed by atoms with Crippen LogP contribution in [0.25, 0.3) is 32.5 Å². The van der Waals surface area contributed by atoms with Gasteiger partial charge in [0.2, 0.25) is 0 Å². The van der Waals surface area contributed by atoms with Gasteiger partial charge >= 0.3 is 0 Å². The van der Waals surface area contributed by atoms with Crippen LogP contribution in [0.3, 0.4) is 0 Å². The van der Waals surface area contributed by atoms with Crippen molar-refractivity contribution in [1.82, 2.24) is 20.3 Å². The van der Waals surface area contributed by atoms with Crippen LogP contribution in [0, 0.1) is 6.92 Å². The third kappa shape index (κ3) is 3.31. The summed E-state index contributed by atoms with van der Waals surface area (Å²) in [6.07, 6.45) is 4.46. The Hall–Kier alpha value is -2.48. The molecular weight excluding hydrogens is 418 g/mol. The molecule has 0 bridgehead atoms. The summed E-state index contributed by atoms with van der Waals surface area (Å²) in [7, 11) is 0. The fourth-order valence-electron chi connectivity index (χ4n) is 5.25. The predicted molar refractivity (Wildman–Crippen MR) is 132 cm³/mol. The van der Waals surface area contributed by atoms with Gasteiger partial charge in [-0.1, -0.05) is 12.1 Å². The van der Waals surface area contributed by atoms with E-state index in [1.54, 1.807) is 0 Å². The van der Waals surface area contributed by atoms with Gasteiger partial charge in [0.25, 0.3) is 0 Å². The maximum absolute atomic E-state index is 5.74. The Labute approximate surface area is 192 Å². The zero-order valence-corrected chi connectivity index (χ0v) is 19.5. The molecule has 2 saturated heterocycles. The Kier molecular flexibility index (Phi) is 5.12. The number of nitrogens with zero attached hydrogens (tertiary/aromatic N) is 3. The summed E-state index contributed by atoms with van der Waals surface area (Å²) in [6.45, 7) is 9.01. The average Bonchev–Trinajstić information content (AvgIpc) is 3.44. The van der Waals surface area contributed by atoms with Crippen molar-refractivity contribution in [2.45, 2.75) is 38.6 Å². The number of rotatable bonds is 3. The second kappa shape index (κ2) is 8.14. The lowest BCUT2D eigenvalue weighted by atomic mass is 9.95. The lowest BCUT2D eigenvalue weighted by Gasteiger charge is -2.35. The van der Waals surface area contributed by atoms with Crippen LogP contribution in [-0.4, -0.2) is 53.8 Å². The molecule has 1 aromatic carbocycles. The highest BCUT2D eigenvalue weighted by molar-refractivity contribution is 7.19. The van der Waals surface area contributed by atoms with E-state index < -0.39 is 0 Å². The summed E-state index contributed by atoms with van der Waals surface area (Å²) in [5.74, 6) is 2.44. The Balaban J connectivity index is 1.58. The van der Waals surface area contributed by atoms with Crippen molar-refractivity contribution in [1.29, 1.82) is 0 Å². The number of piperidine rings is 1. The highest BCUT2D eigenvalue weighted by Crippen LogP contribution is 2.42. The van der Waals surface area contributed by atoms with Crippen LogP contribution in [0.1, 0.15) is 36.1 Å². The Morgan fingerprint density at radius 3 is 3.00 bits per heavy atom. The van der Waals surface area contributed by atoms with Crippen LogP contribution in [0.2, 0.25) is 0 Å². The van der Waals surface area contributed by atoms with Crippen LogP contribution >= 0.6 is 11.3 Å². The molecule has 7 heteroatoms. The molecule has 0 saturated carbocycles. The number of hydrogen-bond donors (Lipinski definition) is 2. The van der Waals surface area contributed by atoms with E-state index in [4.69, 9.17) is 14.7 Å². The molecule has 4 aromatic rings. The first kappa shape index (κ1) is 20.1. The molecule has 0 amide bonds. The van der Waals surface area contributed by atoms with E-state index in [0.717, 1.165) is 65.8 Å². The Bertz CT molecular complexity index is 1270. The number of aromatic amines is 1. The molecule has 1 unspecified atom stereocenters. The molecule has 2 fully saturated rings. The standard InChI is InChI=1S/C25H29N5OS/c1-15-14-31-12-11-30(15)24-21-16(2)22(17-5-4-9-26-13-17)32-25(21)29-23(28-24)19-6-3-7-20-18(19)8-10-27-20/h3,6-8,10,15,17,26-27H,4-5,9,11-14H2,1-2H3/t15-,17?/m1/s1. The number of ether oxygens (including phenoxy) is 1. The lowest BCUT2D eigenvalue weighted by molar-refractivity contribution is 0.0987. The summed E-state index contributed by atoms with van der Waals surface area (Å²) in [5, 5.41) is 5.98. The summed E-state index contributed by atoms with van der Waals surface area (Å²) >= 11 is 1.87. The Morgan fingerprint density at radius 1 is 1.22 bits per heavy atom. The highest BCUT2D eigenvalue weighted by Gasteiger charge is 2.28. The van der Waals surface area contributed by atoms with Crippen molar-refractivity contribution < 1.29 is 4.74 Å². The van der Waals surface area contributed by atoms with Gasteiger partial charge in [-0.25, -0.2) is 9.97 Å². The molecule has 166 valence electrons. The van der Waals surface area contributed by atoms with Crippen molar-refractivity contribution >= 4 is 38.3 Å². The first-order chi connectivity index (χ1) is 15.7. The SMILES string of the molecule is Cc1c(C2CCCNC2)sc2nc(-c3cccc4[nH]ccc34)nc(N3CCOC[C@H]3C)c12. The molecule has 5 heterocycles. The molecule has 0 radical (unpaired) electrons. The van der Waals surface area contributed by atoms with Crippen LogP contribution < -0.4 is 10.2 Å². The second-order valence-corrected chi connectivity index (χ2v) is 10.1. The van der Waals surface area contributed by atoms with E-state index in [1.165, 1.54) is 28.7 Å². The van der Waals surface area contributed by atoms with E-state index in [1.807, 2.05) is 17.5 Å². The van der Waals surface area contributed by atoms with Gasteiger partial charge < -0.3 is 19.9 Å². The minimum absolute atomic E-state index is 0.289. The molecule has 0 aliphatic carbocycles. The predicted octanol–water partition coefficient (Wildman–Crippen LogP) is 4.84. The van der Waals surface area contributed by atoms with E-state index in [-0.39, 0.29) is 6.04 Å². The molecule has 32 heavy (non-hydrogen) atoms. The van der Waals surface area contributed by atoms with E-state index in [2.05, 4.69) is 53.3 Å². The van der Waals surface area contributed by atoms with Gasteiger partial charge in [0, 0.05) is 46.5 Å². The fourth-order valence-corrected chi connectivity index (χ4v) is 6.56. The third-order valence-electron chi connectivity index (χ3n) is 6.95. The molecule has 2 N–H and O–H groups in total. The first-order valence-electron chi connectivity index (χ1n) is 11.6. The smallest absolute Gasteiger partial charge is 0.163 e. The number of anilines is 1. The zero-order chi connectivity index (χ0) is 21.7. The number of aryl methyl sites for hydroxylation is 1. The summed E-state index contributed by atoms with van der Waals surface area (Å²) in [5.41, 5.74) is 3.56. The number of nitrogens with one attached hydrogen (secondary N) is 2. The van der Waals surface area contributed by atoms with E-state index >= 15 is 0 Å². The second-order valence-electron chi connectivity index (χ2n) is 9.05. The number of hydrogen-bond acceptors (Lipinski definition) is 6. The van der Waals surface area contributed by atoms with Crippen molar-refractivity contribution in [2.24, 2.45) is 0 Å². The highest BCUT2D eigenvalue weighted by atomic mass is 32.1. The quantitative estimate of drug-likeness (QED) is 0.470. The van der Waals surface area contributed by atoms with Crippen LogP contribution in [0.5, 0.6) is 0 Å². The van der Waals surface area contributed by atoms with Gasteiger partial charge in [0.15, 0.2) is 5.82 Å². The molecule has 6 nitrogen and oxygen atoms in total. The topological polar surface area (TPSA) is 66.1 Å². The molecule has 2 aliphatic rings. The Morgan fingerprint density at radius 2 is 2.16 bits per heavy atom. The summed E-state index contributed by atoms with van der Waals surface area (Å²) < 4.78 is 5.74. The van der Waals surface area contributed by atoms with Gasteiger partial charge in [-0.2, -0.15) is 0 Å². The largest absolute Gasteiger partial charge is 0.377 e. The number of benzene rings is 1. The van der Waals surface area contributed by atoms with Gasteiger partial charge in [0.05, 0.1) is 24.6 Å². The summed E-state index contributed by atoms with van der Waals surface area (Å²) in [4.78, 5) is 18.7. The number of fused-ring (bicyclic) bond motifs is 2. The van der Waals surface area contributed by atoms with Gasteiger partial charge in [-0.15, -0.1) is 11.3 Å². The number of aromatic nitrogens is 3. The number of morpholine rings is 1. The van der Waals surface area contributed by atoms with Gasteiger partial charge in [-0.05, 0) is 50.9 Å². The summed E-state index contributed by atoms with van der Waals surface area (Å²) in [6, 6.07) is 8.73. The van der Waals surface area contributed by atoms with Crippen molar-refractivity contribution in [3.8, 4) is 11.4 Å². The minimum Gasteiger partial charge on any atom is -0.377 e. The number of thiophene rings is 1. The zero-order valence-electron chi connectivity index (χ0n) is 18.6. The average molecular weight is 448 g/mol. The van der Waals surface area contributed by atoms with E-state index in [0.29, 0.717) is 5.92 Å². The molecule has 0 spiro atoms. The molecule has 3 aromatic heterocycles. The fraction of sp³-hybridized carbons (Fsp3) is 0.440. The first-order valence-corrected chi connectivity index (χ1v) is 12.4. The van der Waals surface area contributed by atoms with Gasteiger partial charge in [0.1, 0.15) is 10.6 Å². The third-order valence-corrected chi connectivity index (χ3v) is 8.30. The molecule has 2 atom stereocenters. The normalized spacial score (nSPS) is 22.1. The lowest BCUT2D eigenvalue weighted by Crippen LogP contribution is -2.44. The van der Waals surface area contributed by atoms with Crippen LogP contribution in [-0.2, 0) is 4.74 Å². The van der Waals surface area contributed by atoms with Gasteiger partial charge in [-0.3, -0.25) is 0 Å².